The molecule has 1 aliphatic heterocycles. The Morgan fingerprint density at radius 1 is 1.14 bits per heavy atom. The zero-order valence-corrected chi connectivity index (χ0v) is 16.0. The second-order valence-corrected chi connectivity index (χ2v) is 7.41. The Morgan fingerprint density at radius 3 is 2.61 bits per heavy atom. The average Bonchev–Trinajstić information content (AvgIpc) is 3.19. The second-order valence-electron chi connectivity index (χ2n) is 7.41. The first kappa shape index (κ1) is 18.8. The van der Waals surface area contributed by atoms with Gasteiger partial charge in [0.15, 0.2) is 0 Å². The second kappa shape index (κ2) is 7.83. The number of piperidine rings is 1. The Hall–Kier alpha value is -2.54. The van der Waals surface area contributed by atoms with Crippen LogP contribution >= 0.6 is 0 Å². The van der Waals surface area contributed by atoms with E-state index in [0.717, 1.165) is 41.7 Å². The summed E-state index contributed by atoms with van der Waals surface area (Å²) in [5.74, 6) is -2.04. The molecular weight excluding hydrogens is 360 g/mol. The molecule has 1 aromatic carbocycles. The van der Waals surface area contributed by atoms with Crippen LogP contribution in [0.4, 0.5) is 14.6 Å². The summed E-state index contributed by atoms with van der Waals surface area (Å²) in [7, 11) is 0. The maximum atomic E-state index is 14.7. The van der Waals surface area contributed by atoms with Gasteiger partial charge in [0.25, 0.3) is 5.92 Å². The number of hydrogen-bond donors (Lipinski definition) is 2. The number of hydrogen-bond acceptors (Lipinski definition) is 4. The van der Waals surface area contributed by atoms with Crippen LogP contribution in [0, 0.1) is 0 Å². The van der Waals surface area contributed by atoms with Crippen molar-refractivity contribution in [3.8, 4) is 0 Å². The number of rotatable bonds is 6. The highest BCUT2D eigenvalue weighted by atomic mass is 19.3. The Labute approximate surface area is 163 Å². The lowest BCUT2D eigenvalue weighted by Gasteiger charge is -2.34. The number of alkyl halides is 2. The van der Waals surface area contributed by atoms with Crippen LogP contribution in [0.5, 0.6) is 0 Å². The first-order valence-electron chi connectivity index (χ1n) is 9.79. The predicted octanol–water partition coefficient (Wildman–Crippen LogP) is 4.19. The standard InChI is InChI=1S/C21H25F2N5/c1-2-15-3-5-16(6-4-15)21(22,23)13-28-11-8-17(9-12-28)27-20-18-7-10-24-19(18)25-14-26-20/h3-7,10,14,17H,2,8-9,11-13H2,1H3,(H2,24,25,26,27). The highest BCUT2D eigenvalue weighted by Crippen LogP contribution is 2.31. The molecule has 0 aliphatic carbocycles. The highest BCUT2D eigenvalue weighted by molar-refractivity contribution is 5.86. The molecule has 0 saturated carbocycles. The smallest absolute Gasteiger partial charge is 0.285 e. The van der Waals surface area contributed by atoms with Crippen LogP contribution in [0.3, 0.4) is 0 Å². The number of H-pyrrole nitrogens is 1. The van der Waals surface area contributed by atoms with E-state index in [0.29, 0.717) is 13.1 Å². The molecule has 1 aliphatic rings. The number of aromatic nitrogens is 3. The van der Waals surface area contributed by atoms with Crippen molar-refractivity contribution in [1.82, 2.24) is 19.9 Å². The average molecular weight is 385 g/mol. The summed E-state index contributed by atoms with van der Waals surface area (Å²) in [5.41, 5.74) is 1.97. The van der Waals surface area contributed by atoms with Crippen molar-refractivity contribution in [2.75, 3.05) is 25.0 Å². The monoisotopic (exact) mass is 385 g/mol. The molecule has 0 spiro atoms. The van der Waals surface area contributed by atoms with E-state index in [1.54, 1.807) is 24.3 Å². The molecule has 0 amide bonds. The normalized spacial score (nSPS) is 16.5. The van der Waals surface area contributed by atoms with E-state index in [9.17, 15) is 8.78 Å². The zero-order valence-electron chi connectivity index (χ0n) is 16.0. The van der Waals surface area contributed by atoms with E-state index in [1.165, 1.54) is 6.33 Å². The largest absolute Gasteiger partial charge is 0.367 e. The molecule has 0 atom stereocenters. The summed E-state index contributed by atoms with van der Waals surface area (Å²) >= 11 is 0. The van der Waals surface area contributed by atoms with Gasteiger partial charge in [0.05, 0.1) is 11.9 Å². The predicted molar refractivity (Wildman–Crippen MR) is 107 cm³/mol. The molecule has 7 heteroatoms. The van der Waals surface area contributed by atoms with Gasteiger partial charge in [0.1, 0.15) is 17.8 Å². The minimum Gasteiger partial charge on any atom is -0.367 e. The number of fused-ring (bicyclic) bond motifs is 1. The molecule has 0 radical (unpaired) electrons. The van der Waals surface area contributed by atoms with Gasteiger partial charge in [-0.15, -0.1) is 0 Å². The molecule has 1 saturated heterocycles. The van der Waals surface area contributed by atoms with Crippen LogP contribution in [0.2, 0.25) is 0 Å². The van der Waals surface area contributed by atoms with Crippen LogP contribution < -0.4 is 5.32 Å². The quantitative estimate of drug-likeness (QED) is 0.668. The number of halogens is 2. The summed E-state index contributed by atoms with van der Waals surface area (Å²) < 4.78 is 29.4. The minimum absolute atomic E-state index is 0.0979. The van der Waals surface area contributed by atoms with Gasteiger partial charge in [-0.3, -0.25) is 4.90 Å². The van der Waals surface area contributed by atoms with Gasteiger partial charge in [-0.1, -0.05) is 31.2 Å². The first-order valence-corrected chi connectivity index (χ1v) is 9.79. The Bertz CT molecular complexity index is 914. The topological polar surface area (TPSA) is 56.8 Å². The number of likely N-dealkylation sites (tertiary alicyclic amines) is 1. The van der Waals surface area contributed by atoms with Gasteiger partial charge in [-0.05, 0) is 30.9 Å². The summed E-state index contributed by atoms with van der Waals surface area (Å²) in [6.07, 6.45) is 5.83. The number of nitrogens with zero attached hydrogens (tertiary/aromatic N) is 3. The van der Waals surface area contributed by atoms with Crippen molar-refractivity contribution in [3.05, 3.63) is 54.0 Å². The van der Waals surface area contributed by atoms with E-state index in [4.69, 9.17) is 0 Å². The molecule has 5 nitrogen and oxygen atoms in total. The third-order valence-electron chi connectivity index (χ3n) is 5.49. The maximum Gasteiger partial charge on any atom is 0.285 e. The van der Waals surface area contributed by atoms with E-state index in [2.05, 4.69) is 20.3 Å². The molecule has 2 aromatic heterocycles. The summed E-state index contributed by atoms with van der Waals surface area (Å²) in [5, 5.41) is 4.40. The van der Waals surface area contributed by atoms with Gasteiger partial charge >= 0.3 is 0 Å². The summed E-state index contributed by atoms with van der Waals surface area (Å²) in [6.45, 7) is 3.07. The van der Waals surface area contributed by atoms with Crippen LogP contribution in [0.15, 0.2) is 42.9 Å². The summed E-state index contributed by atoms with van der Waals surface area (Å²) in [4.78, 5) is 13.4. The number of aromatic amines is 1. The Morgan fingerprint density at radius 2 is 1.89 bits per heavy atom. The molecule has 1 fully saturated rings. The van der Waals surface area contributed by atoms with E-state index in [-0.39, 0.29) is 18.2 Å². The van der Waals surface area contributed by atoms with E-state index < -0.39 is 5.92 Å². The first-order chi connectivity index (χ1) is 13.5. The fourth-order valence-corrected chi connectivity index (χ4v) is 3.77. The van der Waals surface area contributed by atoms with Crippen LogP contribution in [-0.4, -0.2) is 45.5 Å². The lowest BCUT2D eigenvalue weighted by molar-refractivity contribution is -0.0421. The molecular formula is C21H25F2N5. The highest BCUT2D eigenvalue weighted by Gasteiger charge is 2.35. The molecule has 148 valence electrons. The van der Waals surface area contributed by atoms with Crippen molar-refractivity contribution in [3.63, 3.8) is 0 Å². The molecule has 4 rings (SSSR count). The molecule has 0 bridgehead atoms. The van der Waals surface area contributed by atoms with Crippen molar-refractivity contribution in [1.29, 1.82) is 0 Å². The third kappa shape index (κ3) is 3.99. The molecule has 3 aromatic rings. The van der Waals surface area contributed by atoms with Crippen LogP contribution in [0.25, 0.3) is 11.0 Å². The van der Waals surface area contributed by atoms with Crippen molar-refractivity contribution < 1.29 is 8.78 Å². The number of anilines is 1. The van der Waals surface area contributed by atoms with E-state index in [1.807, 2.05) is 24.1 Å². The van der Waals surface area contributed by atoms with Gasteiger partial charge < -0.3 is 10.3 Å². The lowest BCUT2D eigenvalue weighted by atomic mass is 10.0. The third-order valence-corrected chi connectivity index (χ3v) is 5.49. The van der Waals surface area contributed by atoms with Gasteiger partial charge in [-0.25, -0.2) is 9.97 Å². The SMILES string of the molecule is CCc1ccc(C(F)(F)CN2CCC(Nc3ncnc4[nH]ccc34)CC2)cc1. The van der Waals surface area contributed by atoms with Crippen LogP contribution in [0.1, 0.15) is 30.9 Å². The minimum atomic E-state index is -2.84. The van der Waals surface area contributed by atoms with E-state index >= 15 is 0 Å². The van der Waals surface area contributed by atoms with Crippen molar-refractivity contribution >= 4 is 16.9 Å². The Balaban J connectivity index is 1.34. The fourth-order valence-electron chi connectivity index (χ4n) is 3.77. The number of nitrogens with one attached hydrogen (secondary N) is 2. The number of benzene rings is 1. The zero-order chi connectivity index (χ0) is 19.6. The van der Waals surface area contributed by atoms with Crippen molar-refractivity contribution in [2.45, 2.75) is 38.2 Å². The molecule has 2 N–H and O–H groups in total. The van der Waals surface area contributed by atoms with Gasteiger partial charge in [0.2, 0.25) is 0 Å². The van der Waals surface area contributed by atoms with Gasteiger partial charge in [0, 0.05) is 30.9 Å². The Kier molecular flexibility index (Phi) is 5.26. The van der Waals surface area contributed by atoms with Crippen LogP contribution in [-0.2, 0) is 12.3 Å². The fraction of sp³-hybridized carbons (Fsp3) is 0.429. The molecule has 28 heavy (non-hydrogen) atoms. The van der Waals surface area contributed by atoms with Gasteiger partial charge in [-0.2, -0.15) is 8.78 Å². The van der Waals surface area contributed by atoms with Crippen molar-refractivity contribution in [2.24, 2.45) is 0 Å². The maximum absolute atomic E-state index is 14.7. The summed E-state index contributed by atoms with van der Waals surface area (Å²) in [6, 6.07) is 8.87. The molecule has 3 heterocycles. The molecule has 0 unspecified atom stereocenters. The number of aryl methyl sites for hydroxylation is 1. The lowest BCUT2D eigenvalue weighted by Crippen LogP contribution is -2.43.